The minimum Gasteiger partial charge on any atom is -0.496 e. The molecule has 2 amide bonds. The number of nitrogens with one attached hydrogen (secondary N) is 1. The van der Waals surface area contributed by atoms with Crippen LogP contribution < -0.4 is 15.8 Å². The van der Waals surface area contributed by atoms with E-state index in [-0.39, 0.29) is 11.9 Å². The maximum absolute atomic E-state index is 12.5. The van der Waals surface area contributed by atoms with Gasteiger partial charge in [0.2, 0.25) is 5.91 Å². The first-order valence-corrected chi connectivity index (χ1v) is 11.1. The molecular formula is C24H31N5O3. The van der Waals surface area contributed by atoms with Crippen molar-refractivity contribution >= 4 is 17.6 Å². The first-order chi connectivity index (χ1) is 15.3. The number of methoxy groups -OCH3 is 1. The standard InChI is InChI=1S/C24H31N5O3/c1-5-20(30)28-10-7-16(8-11-28)18-6-9-26-24-21(23(25)31)22(27-29(18)24)17-12-14(2)15(3)19(13-17)32-4/h5,12-13,16,18,26H,1,6-11H2,2-4H3,(H2,25,31). The Hall–Kier alpha value is -3.29. The Morgan fingerprint density at radius 2 is 1.97 bits per heavy atom. The van der Waals surface area contributed by atoms with E-state index in [4.69, 9.17) is 15.6 Å². The monoisotopic (exact) mass is 437 g/mol. The number of aromatic nitrogens is 2. The number of nitrogens with two attached hydrogens (primary N) is 1. The summed E-state index contributed by atoms with van der Waals surface area (Å²) in [4.78, 5) is 26.3. The first kappa shape index (κ1) is 21.9. The Bertz CT molecular complexity index is 1070. The zero-order valence-corrected chi connectivity index (χ0v) is 19.0. The van der Waals surface area contributed by atoms with Gasteiger partial charge in [0, 0.05) is 25.2 Å². The molecule has 32 heavy (non-hydrogen) atoms. The second kappa shape index (κ2) is 8.68. The van der Waals surface area contributed by atoms with Gasteiger partial charge in [0.05, 0.1) is 13.2 Å². The molecule has 8 nitrogen and oxygen atoms in total. The second-order valence-corrected chi connectivity index (χ2v) is 8.65. The number of anilines is 1. The third kappa shape index (κ3) is 3.74. The summed E-state index contributed by atoms with van der Waals surface area (Å²) in [7, 11) is 1.64. The van der Waals surface area contributed by atoms with Gasteiger partial charge in [-0.25, -0.2) is 4.68 Å². The van der Waals surface area contributed by atoms with E-state index in [1.165, 1.54) is 6.08 Å². The number of primary amides is 1. The topological polar surface area (TPSA) is 102 Å². The van der Waals surface area contributed by atoms with Crippen molar-refractivity contribution in [2.24, 2.45) is 11.7 Å². The minimum atomic E-state index is -0.502. The van der Waals surface area contributed by atoms with Crippen LogP contribution in [0.25, 0.3) is 11.3 Å². The summed E-state index contributed by atoms with van der Waals surface area (Å²) in [6, 6.07) is 4.08. The normalized spacial score (nSPS) is 18.6. The van der Waals surface area contributed by atoms with Gasteiger partial charge in [0.1, 0.15) is 22.8 Å². The fourth-order valence-corrected chi connectivity index (χ4v) is 4.98. The molecular weight excluding hydrogens is 406 g/mol. The summed E-state index contributed by atoms with van der Waals surface area (Å²) >= 11 is 0. The number of fused-ring (bicyclic) bond motifs is 1. The molecule has 1 fully saturated rings. The zero-order valence-electron chi connectivity index (χ0n) is 19.0. The van der Waals surface area contributed by atoms with E-state index < -0.39 is 5.91 Å². The van der Waals surface area contributed by atoms with E-state index in [1.54, 1.807) is 7.11 Å². The van der Waals surface area contributed by atoms with E-state index >= 15 is 0 Å². The van der Waals surface area contributed by atoms with Crippen molar-refractivity contribution < 1.29 is 14.3 Å². The molecule has 3 N–H and O–H groups in total. The lowest BCUT2D eigenvalue weighted by Gasteiger charge is -2.38. The van der Waals surface area contributed by atoms with Crippen LogP contribution in [0.15, 0.2) is 24.8 Å². The number of hydrogen-bond donors (Lipinski definition) is 2. The van der Waals surface area contributed by atoms with Gasteiger partial charge in [-0.2, -0.15) is 5.10 Å². The number of hydrogen-bond acceptors (Lipinski definition) is 5. The lowest BCUT2D eigenvalue weighted by Crippen LogP contribution is -2.41. The van der Waals surface area contributed by atoms with Gasteiger partial charge >= 0.3 is 0 Å². The number of likely N-dealkylation sites (tertiary alicyclic amines) is 1. The highest BCUT2D eigenvalue weighted by Crippen LogP contribution is 2.41. The van der Waals surface area contributed by atoms with Crippen LogP contribution in [-0.4, -0.2) is 53.2 Å². The molecule has 2 aliphatic rings. The quantitative estimate of drug-likeness (QED) is 0.700. The van der Waals surface area contributed by atoms with Crippen LogP contribution >= 0.6 is 0 Å². The number of nitrogens with zero attached hydrogens (tertiary/aromatic N) is 3. The van der Waals surface area contributed by atoms with Crippen molar-refractivity contribution in [3.05, 3.63) is 41.5 Å². The molecule has 0 aliphatic carbocycles. The summed E-state index contributed by atoms with van der Waals surface area (Å²) in [6.45, 7) is 9.78. The van der Waals surface area contributed by atoms with Crippen molar-refractivity contribution in [2.45, 2.75) is 39.2 Å². The third-order valence-corrected chi connectivity index (χ3v) is 6.89. The predicted molar refractivity (Wildman–Crippen MR) is 124 cm³/mol. The summed E-state index contributed by atoms with van der Waals surface area (Å²) in [5.41, 5.74) is 9.75. The Kier molecular flexibility index (Phi) is 5.95. The summed E-state index contributed by atoms with van der Waals surface area (Å²) in [5, 5.41) is 8.27. The Balaban J connectivity index is 1.72. The molecule has 1 aromatic carbocycles. The molecule has 2 aromatic rings. The third-order valence-electron chi connectivity index (χ3n) is 6.89. The molecule has 8 heteroatoms. The number of carbonyl (C=O) groups excluding carboxylic acids is 2. The molecule has 4 rings (SSSR count). The Morgan fingerprint density at radius 1 is 1.25 bits per heavy atom. The van der Waals surface area contributed by atoms with Crippen LogP contribution in [0.3, 0.4) is 0 Å². The molecule has 0 bridgehead atoms. The van der Waals surface area contributed by atoms with Gasteiger partial charge in [-0.3, -0.25) is 9.59 Å². The van der Waals surface area contributed by atoms with E-state index in [1.807, 2.05) is 35.6 Å². The number of piperidine rings is 1. The maximum Gasteiger partial charge on any atom is 0.254 e. The first-order valence-electron chi connectivity index (χ1n) is 11.1. The predicted octanol–water partition coefficient (Wildman–Crippen LogP) is 3.06. The summed E-state index contributed by atoms with van der Waals surface area (Å²) < 4.78 is 7.49. The number of carbonyl (C=O) groups is 2. The lowest BCUT2D eigenvalue weighted by atomic mass is 9.87. The minimum absolute atomic E-state index is 0.0180. The van der Waals surface area contributed by atoms with E-state index in [0.717, 1.165) is 48.2 Å². The Morgan fingerprint density at radius 3 is 2.59 bits per heavy atom. The van der Waals surface area contributed by atoms with E-state index in [9.17, 15) is 9.59 Å². The summed E-state index contributed by atoms with van der Waals surface area (Å²) in [6.07, 6.45) is 4.06. The van der Waals surface area contributed by atoms with Crippen LogP contribution in [0.2, 0.25) is 0 Å². The number of amides is 2. The van der Waals surface area contributed by atoms with Gasteiger partial charge in [-0.15, -0.1) is 0 Å². The van der Waals surface area contributed by atoms with Crippen LogP contribution in [0.5, 0.6) is 5.75 Å². The van der Waals surface area contributed by atoms with Crippen LogP contribution in [-0.2, 0) is 4.79 Å². The maximum atomic E-state index is 12.5. The van der Waals surface area contributed by atoms with E-state index in [2.05, 4.69) is 11.9 Å². The van der Waals surface area contributed by atoms with Crippen LogP contribution in [0.4, 0.5) is 5.82 Å². The van der Waals surface area contributed by atoms with Gasteiger partial charge in [0.25, 0.3) is 5.91 Å². The molecule has 1 aromatic heterocycles. The van der Waals surface area contributed by atoms with Gasteiger partial charge in [-0.1, -0.05) is 6.58 Å². The van der Waals surface area contributed by atoms with Crippen LogP contribution in [0.1, 0.15) is 46.8 Å². The molecule has 1 atom stereocenters. The molecule has 170 valence electrons. The van der Waals surface area contributed by atoms with Crippen molar-refractivity contribution in [3.63, 3.8) is 0 Å². The molecule has 3 heterocycles. The number of ether oxygens (including phenoxy) is 1. The average Bonchev–Trinajstić information content (AvgIpc) is 3.20. The van der Waals surface area contributed by atoms with Crippen LogP contribution in [0, 0.1) is 19.8 Å². The van der Waals surface area contributed by atoms with Gasteiger partial charge in [-0.05, 0) is 68.4 Å². The number of rotatable bonds is 5. The van der Waals surface area contributed by atoms with Crippen molar-refractivity contribution in [3.8, 4) is 17.0 Å². The molecule has 0 spiro atoms. The summed E-state index contributed by atoms with van der Waals surface area (Å²) in [5.74, 6) is 1.29. The highest BCUT2D eigenvalue weighted by Gasteiger charge is 2.35. The lowest BCUT2D eigenvalue weighted by molar-refractivity contribution is -0.127. The van der Waals surface area contributed by atoms with Gasteiger partial charge in [0.15, 0.2) is 0 Å². The van der Waals surface area contributed by atoms with E-state index in [0.29, 0.717) is 36.1 Å². The molecule has 0 radical (unpaired) electrons. The van der Waals surface area contributed by atoms with Crippen molar-refractivity contribution in [1.29, 1.82) is 0 Å². The van der Waals surface area contributed by atoms with Gasteiger partial charge < -0.3 is 20.7 Å². The smallest absolute Gasteiger partial charge is 0.254 e. The fourth-order valence-electron chi connectivity index (χ4n) is 4.98. The fraction of sp³-hybridized carbons (Fsp3) is 0.458. The Labute approximate surface area is 188 Å². The zero-order chi connectivity index (χ0) is 23.0. The molecule has 1 saturated heterocycles. The molecule has 0 saturated carbocycles. The highest BCUT2D eigenvalue weighted by molar-refractivity contribution is 6.04. The average molecular weight is 438 g/mol. The van der Waals surface area contributed by atoms with Crippen molar-refractivity contribution in [2.75, 3.05) is 32.1 Å². The second-order valence-electron chi connectivity index (χ2n) is 8.65. The highest BCUT2D eigenvalue weighted by atomic mass is 16.5. The largest absolute Gasteiger partial charge is 0.496 e. The molecule has 2 aliphatic heterocycles. The number of benzene rings is 1. The SMILES string of the molecule is C=CC(=O)N1CCC(C2CCNc3c(C(N)=O)c(-c4cc(C)c(C)c(OC)c4)nn32)CC1. The van der Waals surface area contributed by atoms with Crippen molar-refractivity contribution in [1.82, 2.24) is 14.7 Å². The molecule has 1 unspecified atom stereocenters. The number of aryl methyl sites for hydroxylation is 1.